The van der Waals surface area contributed by atoms with Gasteiger partial charge in [-0.25, -0.2) is 17.2 Å². The number of halogens is 2. The third kappa shape index (κ3) is 4.25. The molecule has 2 aromatic carbocycles. The van der Waals surface area contributed by atoms with Crippen molar-refractivity contribution in [3.05, 3.63) is 65.2 Å². The van der Waals surface area contributed by atoms with Gasteiger partial charge >= 0.3 is 0 Å². The smallest absolute Gasteiger partial charge is 0.257 e. The highest BCUT2D eigenvalue weighted by Gasteiger charge is 2.21. The van der Waals surface area contributed by atoms with Crippen LogP contribution in [0, 0.1) is 11.6 Å². The number of sulfonamides is 1. The SMILES string of the molecule is CCN(CC)S(=O)(=O)c1ccc(CNC(=O)c2c(F)cccc2F)cc1. The van der Waals surface area contributed by atoms with E-state index in [9.17, 15) is 22.0 Å². The molecule has 0 aliphatic carbocycles. The van der Waals surface area contributed by atoms with Crippen LogP contribution in [0.5, 0.6) is 0 Å². The van der Waals surface area contributed by atoms with Crippen LogP contribution in [-0.2, 0) is 16.6 Å². The molecule has 0 radical (unpaired) electrons. The second-order valence-corrected chi connectivity index (χ2v) is 7.45. The molecule has 0 heterocycles. The number of carbonyl (C=O) groups is 1. The predicted molar refractivity (Wildman–Crippen MR) is 94.1 cm³/mol. The van der Waals surface area contributed by atoms with E-state index in [2.05, 4.69) is 5.32 Å². The fourth-order valence-electron chi connectivity index (χ4n) is 2.48. The van der Waals surface area contributed by atoms with Gasteiger partial charge in [0.05, 0.1) is 4.90 Å². The zero-order valence-electron chi connectivity index (χ0n) is 14.5. The first kappa shape index (κ1) is 20.0. The van der Waals surface area contributed by atoms with Crippen molar-refractivity contribution in [1.29, 1.82) is 0 Å². The summed E-state index contributed by atoms with van der Waals surface area (Å²) in [5.74, 6) is -2.76. The maximum atomic E-state index is 13.6. The third-order valence-corrected chi connectivity index (χ3v) is 5.97. The molecule has 0 unspecified atom stereocenters. The van der Waals surface area contributed by atoms with E-state index in [1.165, 1.54) is 22.5 Å². The van der Waals surface area contributed by atoms with Gasteiger partial charge in [-0.05, 0) is 29.8 Å². The van der Waals surface area contributed by atoms with E-state index in [1.54, 1.807) is 26.0 Å². The van der Waals surface area contributed by atoms with Crippen LogP contribution >= 0.6 is 0 Å². The topological polar surface area (TPSA) is 66.5 Å². The summed E-state index contributed by atoms with van der Waals surface area (Å²) in [6, 6.07) is 9.17. The van der Waals surface area contributed by atoms with Gasteiger partial charge in [-0.1, -0.05) is 32.0 Å². The number of carbonyl (C=O) groups excluding carboxylic acids is 1. The highest BCUT2D eigenvalue weighted by atomic mass is 32.2. The van der Waals surface area contributed by atoms with Gasteiger partial charge < -0.3 is 5.32 Å². The Balaban J connectivity index is 2.09. The number of amides is 1. The summed E-state index contributed by atoms with van der Waals surface area (Å²) in [6.07, 6.45) is 0. The monoisotopic (exact) mass is 382 g/mol. The van der Waals surface area contributed by atoms with Crippen molar-refractivity contribution in [2.75, 3.05) is 13.1 Å². The number of hydrogen-bond acceptors (Lipinski definition) is 3. The van der Waals surface area contributed by atoms with E-state index in [4.69, 9.17) is 0 Å². The Morgan fingerprint density at radius 3 is 2.04 bits per heavy atom. The summed E-state index contributed by atoms with van der Waals surface area (Å²) in [5.41, 5.74) is -0.0400. The number of hydrogen-bond donors (Lipinski definition) is 1. The van der Waals surface area contributed by atoms with E-state index in [0.29, 0.717) is 18.7 Å². The average molecular weight is 382 g/mol. The maximum Gasteiger partial charge on any atom is 0.257 e. The van der Waals surface area contributed by atoms with Crippen LogP contribution < -0.4 is 5.32 Å². The van der Waals surface area contributed by atoms with Crippen LogP contribution in [0.1, 0.15) is 29.8 Å². The first-order chi connectivity index (χ1) is 12.3. The van der Waals surface area contributed by atoms with Gasteiger partial charge in [-0.15, -0.1) is 0 Å². The molecule has 0 saturated carbocycles. The molecule has 26 heavy (non-hydrogen) atoms. The van der Waals surface area contributed by atoms with Crippen molar-refractivity contribution in [3.63, 3.8) is 0 Å². The van der Waals surface area contributed by atoms with Gasteiger partial charge in [0.25, 0.3) is 5.91 Å². The fraction of sp³-hybridized carbons (Fsp3) is 0.278. The molecule has 2 rings (SSSR count). The summed E-state index contributed by atoms with van der Waals surface area (Å²) >= 11 is 0. The number of nitrogens with one attached hydrogen (secondary N) is 1. The van der Waals surface area contributed by atoms with Crippen molar-refractivity contribution in [2.24, 2.45) is 0 Å². The minimum absolute atomic E-state index is 0.0121. The summed E-state index contributed by atoms with van der Waals surface area (Å²) in [4.78, 5) is 12.1. The highest BCUT2D eigenvalue weighted by molar-refractivity contribution is 7.89. The minimum Gasteiger partial charge on any atom is -0.348 e. The lowest BCUT2D eigenvalue weighted by atomic mass is 10.1. The van der Waals surface area contributed by atoms with E-state index in [0.717, 1.165) is 12.1 Å². The Bertz CT molecular complexity index is 860. The van der Waals surface area contributed by atoms with Crippen molar-refractivity contribution >= 4 is 15.9 Å². The minimum atomic E-state index is -3.56. The Morgan fingerprint density at radius 1 is 1.00 bits per heavy atom. The second-order valence-electron chi connectivity index (χ2n) is 5.51. The Hall–Kier alpha value is -2.32. The molecule has 0 saturated heterocycles. The Morgan fingerprint density at radius 2 is 1.54 bits per heavy atom. The third-order valence-electron chi connectivity index (χ3n) is 3.91. The first-order valence-corrected chi connectivity index (χ1v) is 9.56. The molecule has 1 amide bonds. The lowest BCUT2D eigenvalue weighted by Gasteiger charge is -2.18. The van der Waals surface area contributed by atoms with Crippen LogP contribution in [0.25, 0.3) is 0 Å². The molecular formula is C18H20F2N2O3S. The van der Waals surface area contributed by atoms with Gasteiger partial charge in [0.15, 0.2) is 0 Å². The van der Waals surface area contributed by atoms with Gasteiger partial charge in [0.2, 0.25) is 10.0 Å². The largest absolute Gasteiger partial charge is 0.348 e. The van der Waals surface area contributed by atoms with Crippen LogP contribution in [0.3, 0.4) is 0 Å². The van der Waals surface area contributed by atoms with E-state index in [1.807, 2.05) is 0 Å². The van der Waals surface area contributed by atoms with Gasteiger partial charge in [0.1, 0.15) is 17.2 Å². The Labute approximate surface area is 151 Å². The molecular weight excluding hydrogens is 362 g/mol. The zero-order valence-corrected chi connectivity index (χ0v) is 15.3. The van der Waals surface area contributed by atoms with E-state index < -0.39 is 33.1 Å². The molecule has 0 spiro atoms. The molecule has 0 bridgehead atoms. The van der Waals surface area contributed by atoms with Gasteiger partial charge in [-0.2, -0.15) is 4.31 Å². The van der Waals surface area contributed by atoms with E-state index >= 15 is 0 Å². The van der Waals surface area contributed by atoms with Crippen molar-refractivity contribution in [2.45, 2.75) is 25.3 Å². The van der Waals surface area contributed by atoms with Gasteiger partial charge in [-0.3, -0.25) is 4.79 Å². The quantitative estimate of drug-likeness (QED) is 0.801. The molecule has 2 aromatic rings. The molecule has 0 aliphatic heterocycles. The summed E-state index contributed by atoms with van der Waals surface area (Å²) in [7, 11) is -3.56. The van der Waals surface area contributed by atoms with Gasteiger partial charge in [0, 0.05) is 19.6 Å². The lowest BCUT2D eigenvalue weighted by molar-refractivity contribution is 0.0942. The maximum absolute atomic E-state index is 13.6. The number of rotatable bonds is 7. The molecule has 1 N–H and O–H groups in total. The van der Waals surface area contributed by atoms with E-state index in [-0.39, 0.29) is 11.4 Å². The van der Waals surface area contributed by atoms with Crippen molar-refractivity contribution in [1.82, 2.24) is 9.62 Å². The summed E-state index contributed by atoms with van der Waals surface area (Å²) in [6.45, 7) is 4.26. The molecule has 0 aromatic heterocycles. The molecule has 5 nitrogen and oxygen atoms in total. The normalized spacial score (nSPS) is 11.6. The van der Waals surface area contributed by atoms with Crippen LogP contribution in [-0.4, -0.2) is 31.7 Å². The predicted octanol–water partition coefficient (Wildman–Crippen LogP) is 2.93. The molecule has 8 heteroatoms. The zero-order chi connectivity index (χ0) is 19.3. The second kappa shape index (κ2) is 8.37. The fourth-order valence-corrected chi connectivity index (χ4v) is 3.94. The van der Waals surface area contributed by atoms with Crippen molar-refractivity contribution < 1.29 is 22.0 Å². The lowest BCUT2D eigenvalue weighted by Crippen LogP contribution is -2.30. The standard InChI is InChI=1S/C18H20F2N2O3S/c1-3-22(4-2)26(24,25)14-10-8-13(9-11-14)12-21-18(23)17-15(19)6-5-7-16(17)20/h5-11H,3-4,12H2,1-2H3,(H,21,23). The molecule has 0 fully saturated rings. The van der Waals surface area contributed by atoms with Crippen LogP contribution in [0.2, 0.25) is 0 Å². The summed E-state index contributed by atoms with van der Waals surface area (Å²) in [5, 5.41) is 2.42. The molecule has 0 aliphatic rings. The molecule has 140 valence electrons. The van der Waals surface area contributed by atoms with Crippen molar-refractivity contribution in [3.8, 4) is 0 Å². The van der Waals surface area contributed by atoms with Crippen LogP contribution in [0.15, 0.2) is 47.4 Å². The first-order valence-electron chi connectivity index (χ1n) is 8.12. The summed E-state index contributed by atoms with van der Waals surface area (Å²) < 4.78 is 53.3. The van der Waals surface area contributed by atoms with Crippen LogP contribution in [0.4, 0.5) is 8.78 Å². The molecule has 0 atom stereocenters. The highest BCUT2D eigenvalue weighted by Crippen LogP contribution is 2.17. The number of benzene rings is 2. The Kier molecular flexibility index (Phi) is 6.44. The average Bonchev–Trinajstić information content (AvgIpc) is 2.61. The number of nitrogens with zero attached hydrogens (tertiary/aromatic N) is 1.